The van der Waals surface area contributed by atoms with Gasteiger partial charge in [0.25, 0.3) is 0 Å². The molecule has 6 heteroatoms. The van der Waals surface area contributed by atoms with Gasteiger partial charge in [-0.1, -0.05) is 50.5 Å². The average molecular weight is 434 g/mol. The van der Waals surface area contributed by atoms with Gasteiger partial charge in [0, 0.05) is 28.7 Å². The fourth-order valence-electron chi connectivity index (χ4n) is 3.80. The minimum Gasteiger partial charge on any atom is -0.363 e. The lowest BCUT2D eigenvalue weighted by Crippen LogP contribution is -2.24. The predicted octanol–water partition coefficient (Wildman–Crippen LogP) is 5.42. The number of hydrogen-bond acceptors (Lipinski definition) is 5. The Labute approximate surface area is 188 Å². The summed E-state index contributed by atoms with van der Waals surface area (Å²) in [7, 11) is 0. The molecule has 0 fully saturated rings. The smallest absolute Gasteiger partial charge is 0.187 e. The monoisotopic (exact) mass is 433 g/mol. The molecule has 0 aliphatic carbocycles. The van der Waals surface area contributed by atoms with E-state index in [1.165, 1.54) is 41.1 Å². The number of fused-ring (bicyclic) bond motifs is 1. The topological polar surface area (TPSA) is 46.3 Å². The van der Waals surface area contributed by atoms with Crippen molar-refractivity contribution in [1.29, 1.82) is 0 Å². The van der Waals surface area contributed by atoms with Gasteiger partial charge in [0.15, 0.2) is 11.5 Å². The molecule has 0 amide bonds. The lowest BCUT2D eigenvalue weighted by molar-refractivity contribution is 0.682. The number of hydrogen-bond donors (Lipinski definition) is 0. The zero-order chi connectivity index (χ0) is 21.8. The second-order valence-corrected chi connectivity index (χ2v) is 9.24. The van der Waals surface area contributed by atoms with E-state index in [0.29, 0.717) is 0 Å². The van der Waals surface area contributed by atoms with E-state index in [-0.39, 0.29) is 0 Å². The van der Waals surface area contributed by atoms with Gasteiger partial charge in [0.2, 0.25) is 0 Å². The van der Waals surface area contributed by atoms with Crippen LogP contribution in [0.5, 0.6) is 0 Å². The van der Waals surface area contributed by atoms with Crippen molar-refractivity contribution in [2.75, 3.05) is 18.0 Å². The van der Waals surface area contributed by atoms with Crippen LogP contribution in [0.2, 0.25) is 0 Å². The Morgan fingerprint density at radius 2 is 1.77 bits per heavy atom. The molecule has 0 atom stereocenters. The van der Waals surface area contributed by atoms with Crippen LogP contribution in [0.3, 0.4) is 0 Å². The van der Waals surface area contributed by atoms with Gasteiger partial charge in [0.1, 0.15) is 0 Å². The van der Waals surface area contributed by atoms with E-state index in [2.05, 4.69) is 72.3 Å². The lowest BCUT2D eigenvalue weighted by Gasteiger charge is -2.22. The molecule has 0 bridgehead atoms. The SMILES string of the molecule is CCCCN(CCCC)c1ccc(/C=c2/c(C)nn3c(-c4cccc(C)c4)nnc23)s1. The molecular weight excluding hydrogens is 402 g/mol. The van der Waals surface area contributed by atoms with Crippen LogP contribution in [0.1, 0.15) is 55.7 Å². The van der Waals surface area contributed by atoms with E-state index in [1.807, 2.05) is 28.8 Å². The number of rotatable bonds is 9. The lowest BCUT2D eigenvalue weighted by atomic mass is 10.1. The highest BCUT2D eigenvalue weighted by atomic mass is 32.1. The maximum absolute atomic E-state index is 4.75. The number of unbranched alkanes of at least 4 members (excludes halogenated alkanes) is 2. The molecule has 0 N–H and O–H groups in total. The molecule has 0 saturated heterocycles. The third-order valence-corrected chi connectivity index (χ3v) is 6.66. The molecule has 162 valence electrons. The quantitative estimate of drug-likeness (QED) is 0.353. The molecule has 0 saturated carbocycles. The zero-order valence-electron chi connectivity index (χ0n) is 18.9. The number of nitrogens with zero attached hydrogens (tertiary/aromatic N) is 5. The summed E-state index contributed by atoms with van der Waals surface area (Å²) in [5.41, 5.74) is 4.03. The first kappa shape index (κ1) is 21.5. The molecule has 31 heavy (non-hydrogen) atoms. The van der Waals surface area contributed by atoms with Crippen LogP contribution < -0.4 is 10.1 Å². The van der Waals surface area contributed by atoms with E-state index in [4.69, 9.17) is 5.10 Å². The maximum atomic E-state index is 4.75. The zero-order valence-corrected chi connectivity index (χ0v) is 19.7. The fourth-order valence-corrected chi connectivity index (χ4v) is 4.81. The van der Waals surface area contributed by atoms with E-state index in [1.54, 1.807) is 0 Å². The molecule has 0 unspecified atom stereocenters. The summed E-state index contributed by atoms with van der Waals surface area (Å²) in [6.07, 6.45) is 7.11. The van der Waals surface area contributed by atoms with E-state index < -0.39 is 0 Å². The summed E-state index contributed by atoms with van der Waals surface area (Å²) in [6, 6.07) is 12.8. The Kier molecular flexibility index (Phi) is 6.66. The van der Waals surface area contributed by atoms with Gasteiger partial charge in [0.05, 0.1) is 10.7 Å². The van der Waals surface area contributed by atoms with Gasteiger partial charge in [-0.3, -0.25) is 0 Å². The Hall–Kier alpha value is -2.73. The van der Waals surface area contributed by atoms with Gasteiger partial charge in [-0.15, -0.1) is 21.5 Å². The van der Waals surface area contributed by atoms with Gasteiger partial charge < -0.3 is 4.90 Å². The molecule has 4 rings (SSSR count). The van der Waals surface area contributed by atoms with Gasteiger partial charge in [-0.05, 0) is 51.0 Å². The Morgan fingerprint density at radius 3 is 2.48 bits per heavy atom. The Bertz CT molecular complexity index is 1200. The molecule has 0 radical (unpaired) electrons. The number of thiophene rings is 1. The number of anilines is 1. The summed E-state index contributed by atoms with van der Waals surface area (Å²) in [5, 5.41) is 16.1. The largest absolute Gasteiger partial charge is 0.363 e. The highest BCUT2D eigenvalue weighted by Gasteiger charge is 2.14. The number of aromatic nitrogens is 4. The molecule has 3 heterocycles. The summed E-state index contributed by atoms with van der Waals surface area (Å²) < 4.78 is 1.87. The highest BCUT2D eigenvalue weighted by Crippen LogP contribution is 2.27. The van der Waals surface area contributed by atoms with Crippen molar-refractivity contribution in [3.05, 3.63) is 57.8 Å². The van der Waals surface area contributed by atoms with Crippen molar-refractivity contribution in [3.8, 4) is 11.4 Å². The highest BCUT2D eigenvalue weighted by molar-refractivity contribution is 7.16. The molecule has 0 aliphatic rings. The van der Waals surface area contributed by atoms with Gasteiger partial charge in [-0.2, -0.15) is 9.61 Å². The van der Waals surface area contributed by atoms with E-state index >= 15 is 0 Å². The molecule has 5 nitrogen and oxygen atoms in total. The molecular formula is C25H31N5S. The summed E-state index contributed by atoms with van der Waals surface area (Å²) in [4.78, 5) is 3.76. The van der Waals surface area contributed by atoms with Gasteiger partial charge in [-0.25, -0.2) is 0 Å². The molecule has 0 aliphatic heterocycles. The Balaban J connectivity index is 1.68. The summed E-state index contributed by atoms with van der Waals surface area (Å²) in [6.45, 7) is 10.9. The van der Waals surface area contributed by atoms with Crippen LogP contribution in [-0.2, 0) is 0 Å². The fraction of sp³-hybridized carbons (Fsp3) is 0.400. The van der Waals surface area contributed by atoms with Crippen molar-refractivity contribution in [2.24, 2.45) is 0 Å². The molecule has 1 aromatic carbocycles. The van der Waals surface area contributed by atoms with Crippen LogP contribution in [0.4, 0.5) is 5.00 Å². The first-order chi connectivity index (χ1) is 15.1. The second-order valence-electron chi connectivity index (χ2n) is 8.14. The van der Waals surface area contributed by atoms with E-state index in [0.717, 1.165) is 41.0 Å². The van der Waals surface area contributed by atoms with E-state index in [9.17, 15) is 0 Å². The summed E-state index contributed by atoms with van der Waals surface area (Å²) in [5.74, 6) is 0.790. The molecule has 0 spiro atoms. The molecule has 4 aromatic rings. The van der Waals surface area contributed by atoms with Crippen molar-refractivity contribution >= 4 is 28.1 Å². The minimum atomic E-state index is 0.790. The minimum absolute atomic E-state index is 0.790. The number of benzene rings is 1. The predicted molar refractivity (Wildman–Crippen MR) is 131 cm³/mol. The third kappa shape index (κ3) is 4.64. The maximum Gasteiger partial charge on any atom is 0.187 e. The average Bonchev–Trinajstić information content (AvgIpc) is 3.46. The van der Waals surface area contributed by atoms with Crippen LogP contribution in [0.25, 0.3) is 23.1 Å². The first-order valence-electron chi connectivity index (χ1n) is 11.3. The summed E-state index contributed by atoms with van der Waals surface area (Å²) >= 11 is 1.85. The van der Waals surface area contributed by atoms with Crippen molar-refractivity contribution in [2.45, 2.75) is 53.4 Å². The third-order valence-electron chi connectivity index (χ3n) is 5.57. The normalized spacial score (nSPS) is 12.2. The van der Waals surface area contributed by atoms with Crippen molar-refractivity contribution in [3.63, 3.8) is 0 Å². The van der Waals surface area contributed by atoms with Crippen molar-refractivity contribution in [1.82, 2.24) is 19.8 Å². The van der Waals surface area contributed by atoms with Crippen LogP contribution in [0, 0.1) is 13.8 Å². The Morgan fingerprint density at radius 1 is 1.00 bits per heavy atom. The standard InChI is InChI=1S/C25H31N5S/c1-5-7-14-29(15-8-6-2)23-13-12-21(31-23)17-22-19(4)28-30-24(26-27-25(22)30)20-11-9-10-18(3)16-20/h9-13,16-17H,5-8,14-15H2,1-4H3/b22-17-. The first-order valence-corrected chi connectivity index (χ1v) is 12.1. The molecule has 3 aromatic heterocycles. The van der Waals surface area contributed by atoms with Crippen LogP contribution in [0.15, 0.2) is 36.4 Å². The van der Waals surface area contributed by atoms with Crippen LogP contribution in [-0.4, -0.2) is 32.9 Å². The number of aryl methyl sites for hydroxylation is 2. The van der Waals surface area contributed by atoms with Crippen molar-refractivity contribution < 1.29 is 0 Å². The van der Waals surface area contributed by atoms with Crippen LogP contribution >= 0.6 is 11.3 Å². The van der Waals surface area contributed by atoms with Gasteiger partial charge >= 0.3 is 0 Å². The second kappa shape index (κ2) is 9.60.